The molecule has 0 spiro atoms. The zero-order valence-corrected chi connectivity index (χ0v) is 16.7. The zero-order chi connectivity index (χ0) is 18.1. The van der Waals surface area contributed by atoms with Gasteiger partial charge in [-0.1, -0.05) is 63.1 Å². The zero-order valence-electron chi connectivity index (χ0n) is 16.7. The molecule has 0 bridgehead atoms. The van der Waals surface area contributed by atoms with Gasteiger partial charge in [-0.25, -0.2) is 9.78 Å². The van der Waals surface area contributed by atoms with Gasteiger partial charge in [-0.15, -0.1) is 0 Å². The van der Waals surface area contributed by atoms with Gasteiger partial charge in [-0.05, 0) is 58.8 Å². The monoisotopic (exact) mass is 334 g/mol. The van der Waals surface area contributed by atoms with Gasteiger partial charge in [-0.2, -0.15) is 0 Å². The minimum absolute atomic E-state index is 0.279. The van der Waals surface area contributed by atoms with Crippen molar-refractivity contribution >= 4 is 0 Å². The van der Waals surface area contributed by atoms with E-state index in [9.17, 15) is 0 Å². The molecule has 0 aromatic heterocycles. The lowest BCUT2D eigenvalue weighted by molar-refractivity contribution is -0.329. The topological polar surface area (TPSA) is 18.5 Å². The van der Waals surface area contributed by atoms with Gasteiger partial charge in [0, 0.05) is 6.42 Å². The summed E-state index contributed by atoms with van der Waals surface area (Å²) < 4.78 is 0. The molecule has 1 aliphatic rings. The van der Waals surface area contributed by atoms with E-state index in [0.717, 1.165) is 31.6 Å². The van der Waals surface area contributed by atoms with Gasteiger partial charge in [0.15, 0.2) is 0 Å². The minimum atomic E-state index is -0.309. The molecule has 0 N–H and O–H groups in total. The highest BCUT2D eigenvalue weighted by Gasteiger charge is 2.45. The lowest BCUT2D eigenvalue weighted by atomic mass is 9.84. The largest absolute Gasteiger partial charge is 0.225 e. The molecule has 0 aliphatic carbocycles. The summed E-state index contributed by atoms with van der Waals surface area (Å²) in [5.41, 5.74) is 0.839. The van der Waals surface area contributed by atoms with E-state index in [2.05, 4.69) is 58.9 Å². The van der Waals surface area contributed by atoms with Gasteiger partial charge >= 0.3 is 0 Å². The molecule has 0 aromatic rings. The Bertz CT molecular complexity index is 449. The van der Waals surface area contributed by atoms with E-state index in [1.807, 2.05) is 13.0 Å². The van der Waals surface area contributed by atoms with Crippen molar-refractivity contribution in [3.05, 3.63) is 36.0 Å². The van der Waals surface area contributed by atoms with E-state index in [-0.39, 0.29) is 11.2 Å². The van der Waals surface area contributed by atoms with Gasteiger partial charge in [0.1, 0.15) is 11.2 Å². The Kier molecular flexibility index (Phi) is 9.01. The molecule has 0 unspecified atom stereocenters. The smallest absolute Gasteiger partial charge is 0.125 e. The first-order valence-corrected chi connectivity index (χ1v) is 9.76. The Morgan fingerprint density at radius 2 is 1.92 bits per heavy atom. The molecule has 0 radical (unpaired) electrons. The third kappa shape index (κ3) is 6.57. The van der Waals surface area contributed by atoms with Crippen molar-refractivity contribution in [3.8, 4) is 0 Å². The van der Waals surface area contributed by atoms with Crippen molar-refractivity contribution in [1.29, 1.82) is 0 Å². The lowest BCUT2D eigenvalue weighted by Crippen LogP contribution is -2.28. The Morgan fingerprint density at radius 3 is 2.50 bits per heavy atom. The summed E-state index contributed by atoms with van der Waals surface area (Å²) in [7, 11) is 0. The highest BCUT2D eigenvalue weighted by atomic mass is 17.2. The van der Waals surface area contributed by atoms with Crippen molar-refractivity contribution in [2.75, 3.05) is 0 Å². The van der Waals surface area contributed by atoms with Crippen LogP contribution in [-0.2, 0) is 9.78 Å². The van der Waals surface area contributed by atoms with Crippen LogP contribution in [0.3, 0.4) is 0 Å². The van der Waals surface area contributed by atoms with E-state index < -0.39 is 0 Å². The predicted octanol–water partition coefficient (Wildman–Crippen LogP) is 6.93. The van der Waals surface area contributed by atoms with Gasteiger partial charge in [0.05, 0.1) is 0 Å². The molecule has 24 heavy (non-hydrogen) atoms. The second-order valence-electron chi connectivity index (χ2n) is 7.50. The Balaban J connectivity index is 2.69. The molecule has 3 atom stereocenters. The Labute approximate surface area is 149 Å². The first kappa shape index (κ1) is 21.2. The van der Waals surface area contributed by atoms with Gasteiger partial charge in [-0.3, -0.25) is 0 Å². The number of hydrogen-bond acceptors (Lipinski definition) is 2. The third-order valence-electron chi connectivity index (χ3n) is 5.01. The molecule has 2 nitrogen and oxygen atoms in total. The van der Waals surface area contributed by atoms with Gasteiger partial charge in [0.2, 0.25) is 0 Å². The van der Waals surface area contributed by atoms with Crippen LogP contribution >= 0.6 is 0 Å². The van der Waals surface area contributed by atoms with Crippen LogP contribution in [0.15, 0.2) is 36.0 Å². The van der Waals surface area contributed by atoms with Crippen LogP contribution in [0.5, 0.6) is 0 Å². The van der Waals surface area contributed by atoms with Crippen LogP contribution in [0.4, 0.5) is 0 Å². The summed E-state index contributed by atoms with van der Waals surface area (Å²) in [4.78, 5) is 11.5. The lowest BCUT2D eigenvalue weighted by Gasteiger charge is -2.23. The quantitative estimate of drug-likeness (QED) is 0.318. The van der Waals surface area contributed by atoms with Crippen LogP contribution in [0.2, 0.25) is 0 Å². The minimum Gasteiger partial charge on any atom is -0.225 e. The normalized spacial score (nSPS) is 29.8. The fourth-order valence-corrected chi connectivity index (χ4v) is 3.66. The molecule has 1 rings (SSSR count). The highest BCUT2D eigenvalue weighted by molar-refractivity contribution is 5.16. The van der Waals surface area contributed by atoms with Crippen LogP contribution < -0.4 is 0 Å². The molecular weight excluding hydrogens is 296 g/mol. The van der Waals surface area contributed by atoms with Crippen molar-refractivity contribution in [1.82, 2.24) is 0 Å². The standard InChI is InChI=1S/C22H38O2/c1-7-11-12-13-14-20(9-3)16-19(5)17-22(10-4)18-21(6,15-8-2)23-24-22/h8,11-12,15,17,20H,7,9-10,13-14,16,18H2,1-6H3/b12-11+,15-8+,19-17+/t20-,21+,22-/m0/s1. The van der Waals surface area contributed by atoms with Gasteiger partial charge in [0.25, 0.3) is 0 Å². The maximum atomic E-state index is 5.82. The average Bonchev–Trinajstić information content (AvgIpc) is 2.88. The molecule has 1 heterocycles. The van der Waals surface area contributed by atoms with E-state index in [1.54, 1.807) is 0 Å². The van der Waals surface area contributed by atoms with Crippen molar-refractivity contribution in [2.45, 2.75) is 97.7 Å². The summed E-state index contributed by atoms with van der Waals surface area (Å²) >= 11 is 0. The first-order valence-electron chi connectivity index (χ1n) is 9.76. The molecule has 0 aromatic carbocycles. The van der Waals surface area contributed by atoms with Crippen molar-refractivity contribution in [3.63, 3.8) is 0 Å². The second-order valence-corrected chi connectivity index (χ2v) is 7.50. The number of rotatable bonds is 10. The highest BCUT2D eigenvalue weighted by Crippen LogP contribution is 2.41. The second kappa shape index (κ2) is 10.2. The van der Waals surface area contributed by atoms with Crippen LogP contribution in [0.1, 0.15) is 86.5 Å². The number of allylic oxidation sites excluding steroid dienone is 4. The van der Waals surface area contributed by atoms with Crippen LogP contribution in [0, 0.1) is 5.92 Å². The third-order valence-corrected chi connectivity index (χ3v) is 5.01. The Morgan fingerprint density at radius 1 is 1.17 bits per heavy atom. The van der Waals surface area contributed by atoms with Crippen molar-refractivity contribution < 1.29 is 9.78 Å². The van der Waals surface area contributed by atoms with E-state index in [0.29, 0.717) is 0 Å². The summed E-state index contributed by atoms with van der Waals surface area (Å²) in [5, 5.41) is 0. The number of hydrogen-bond donors (Lipinski definition) is 0. The molecule has 1 aliphatic heterocycles. The van der Waals surface area contributed by atoms with E-state index in [1.165, 1.54) is 24.8 Å². The SMILES string of the molecule is C/C=C/[C@]1(C)C[C@@](/C=C(\C)C[C@@H](CC)CC/C=C/CC)(CC)OO1. The summed E-state index contributed by atoms with van der Waals surface area (Å²) in [6.07, 6.45) is 18.9. The van der Waals surface area contributed by atoms with E-state index >= 15 is 0 Å². The fourth-order valence-electron chi connectivity index (χ4n) is 3.66. The summed E-state index contributed by atoms with van der Waals surface area (Å²) in [6.45, 7) is 13.0. The average molecular weight is 335 g/mol. The molecule has 2 heteroatoms. The summed E-state index contributed by atoms with van der Waals surface area (Å²) in [6, 6.07) is 0. The molecule has 1 fully saturated rings. The molecule has 138 valence electrons. The molecule has 0 saturated carbocycles. The predicted molar refractivity (Wildman–Crippen MR) is 104 cm³/mol. The van der Waals surface area contributed by atoms with Crippen LogP contribution in [-0.4, -0.2) is 11.2 Å². The van der Waals surface area contributed by atoms with Crippen molar-refractivity contribution in [2.24, 2.45) is 5.92 Å². The molecular formula is C22H38O2. The molecule has 1 saturated heterocycles. The first-order chi connectivity index (χ1) is 11.4. The van der Waals surface area contributed by atoms with Crippen LogP contribution in [0.25, 0.3) is 0 Å². The maximum Gasteiger partial charge on any atom is 0.125 e. The Hall–Kier alpha value is -0.860. The van der Waals surface area contributed by atoms with E-state index in [4.69, 9.17) is 9.78 Å². The van der Waals surface area contributed by atoms with Gasteiger partial charge < -0.3 is 0 Å². The maximum absolute atomic E-state index is 5.82. The fraction of sp³-hybridized carbons (Fsp3) is 0.727. The molecule has 0 amide bonds. The summed E-state index contributed by atoms with van der Waals surface area (Å²) in [5.74, 6) is 0.751.